The van der Waals surface area contributed by atoms with E-state index in [1.807, 2.05) is 74.6 Å². The summed E-state index contributed by atoms with van der Waals surface area (Å²) in [6.45, 7) is 4.51. The summed E-state index contributed by atoms with van der Waals surface area (Å²) < 4.78 is 32.1. The highest BCUT2D eigenvalue weighted by molar-refractivity contribution is 5.81. The van der Waals surface area contributed by atoms with Crippen LogP contribution in [0.1, 0.15) is 50.7 Å². The smallest absolute Gasteiger partial charge is 0.407 e. The van der Waals surface area contributed by atoms with Crippen molar-refractivity contribution >= 4 is 18.0 Å². The van der Waals surface area contributed by atoms with Crippen molar-refractivity contribution in [3.8, 4) is 11.1 Å². The monoisotopic (exact) mass is 488 g/mol. The Bertz CT molecular complexity index is 1050. The fourth-order valence-electron chi connectivity index (χ4n) is 4.30. The number of amides is 2. The Labute approximate surface area is 202 Å². The van der Waals surface area contributed by atoms with Gasteiger partial charge in [0.05, 0.1) is 6.54 Å². The lowest BCUT2D eigenvalue weighted by molar-refractivity contribution is -0.164. The molecule has 3 N–H and O–H groups in total. The van der Waals surface area contributed by atoms with E-state index in [9.17, 15) is 23.2 Å². The molecule has 9 heteroatoms. The molecule has 0 spiro atoms. The molecule has 35 heavy (non-hydrogen) atoms. The van der Waals surface area contributed by atoms with E-state index in [0.717, 1.165) is 22.3 Å². The van der Waals surface area contributed by atoms with Gasteiger partial charge in [-0.25, -0.2) is 9.59 Å². The molecule has 0 fully saturated rings. The first-order valence-electron chi connectivity index (χ1n) is 11.4. The minimum atomic E-state index is -4.07. The summed E-state index contributed by atoms with van der Waals surface area (Å²) >= 11 is 0. The van der Waals surface area contributed by atoms with E-state index < -0.39 is 36.5 Å². The molecule has 188 valence electrons. The van der Waals surface area contributed by atoms with Gasteiger partial charge in [0.15, 0.2) is 0 Å². The number of alkyl halides is 2. The maximum atomic E-state index is 13.3. The van der Waals surface area contributed by atoms with Crippen LogP contribution in [0.3, 0.4) is 0 Å². The summed E-state index contributed by atoms with van der Waals surface area (Å²) in [5.41, 5.74) is 4.03. The predicted molar refractivity (Wildman–Crippen MR) is 126 cm³/mol. The number of benzene rings is 2. The molecule has 3 rings (SSSR count). The highest BCUT2D eigenvalue weighted by Crippen LogP contribution is 2.44. The SMILES string of the molecule is CC(C)(C)CC(CC(=O)NCC(F)(F)C(=O)O)NC(=O)OCC1c2ccccc2-c2ccccc21. The number of carboxylic acid groups (broad SMARTS) is 1. The maximum Gasteiger partial charge on any atom is 0.407 e. The summed E-state index contributed by atoms with van der Waals surface area (Å²) in [6, 6.07) is 15.2. The lowest BCUT2D eigenvalue weighted by atomic mass is 9.87. The predicted octanol–water partition coefficient (Wildman–Crippen LogP) is 4.56. The van der Waals surface area contributed by atoms with Gasteiger partial charge in [0.2, 0.25) is 5.91 Å². The molecule has 0 aromatic heterocycles. The largest absolute Gasteiger partial charge is 0.477 e. The van der Waals surface area contributed by atoms with Crippen LogP contribution in [0.4, 0.5) is 13.6 Å². The summed E-state index contributed by atoms with van der Waals surface area (Å²) in [7, 11) is 0. The summed E-state index contributed by atoms with van der Waals surface area (Å²) in [6.07, 6.45) is -0.637. The quantitative estimate of drug-likeness (QED) is 0.480. The number of carboxylic acids is 1. The Kier molecular flexibility index (Phi) is 7.77. The van der Waals surface area contributed by atoms with Gasteiger partial charge >= 0.3 is 18.0 Å². The number of halogens is 2. The standard InChI is InChI=1S/C26H30F2N2O5/c1-25(2,3)13-16(12-22(31)29-15-26(27,28)23(32)33)30-24(34)35-14-21-19-10-6-4-8-17(19)18-9-5-7-11-20(18)21/h4-11,16,21H,12-15H2,1-3H3,(H,29,31)(H,30,34)(H,32,33). The molecule has 0 saturated carbocycles. The number of nitrogens with one attached hydrogen (secondary N) is 2. The fourth-order valence-corrected chi connectivity index (χ4v) is 4.30. The first kappa shape index (κ1) is 26.1. The zero-order valence-corrected chi connectivity index (χ0v) is 19.9. The lowest BCUT2D eigenvalue weighted by Crippen LogP contribution is -2.45. The van der Waals surface area contributed by atoms with Crippen LogP contribution in [0.25, 0.3) is 11.1 Å². The van der Waals surface area contributed by atoms with Gasteiger partial charge in [0, 0.05) is 18.4 Å². The van der Waals surface area contributed by atoms with Crippen LogP contribution in [0.5, 0.6) is 0 Å². The number of fused-ring (bicyclic) bond motifs is 3. The molecule has 2 aromatic carbocycles. The van der Waals surface area contributed by atoms with Gasteiger partial charge in [0.1, 0.15) is 6.61 Å². The van der Waals surface area contributed by atoms with Gasteiger partial charge in [-0.15, -0.1) is 0 Å². The number of hydrogen-bond acceptors (Lipinski definition) is 4. The van der Waals surface area contributed by atoms with Crippen LogP contribution < -0.4 is 10.6 Å². The molecule has 0 radical (unpaired) electrons. The Balaban J connectivity index is 1.62. The molecule has 2 amide bonds. The first-order chi connectivity index (χ1) is 16.4. The Morgan fingerprint density at radius 2 is 1.54 bits per heavy atom. The normalized spacial score (nSPS) is 14.0. The van der Waals surface area contributed by atoms with Gasteiger partial charge in [-0.2, -0.15) is 8.78 Å². The molecule has 0 bridgehead atoms. The summed E-state index contributed by atoms with van der Waals surface area (Å²) in [4.78, 5) is 35.4. The third-order valence-corrected chi connectivity index (χ3v) is 5.78. The van der Waals surface area contributed by atoms with E-state index in [-0.39, 0.29) is 24.4 Å². The lowest BCUT2D eigenvalue weighted by Gasteiger charge is -2.26. The van der Waals surface area contributed by atoms with Crippen molar-refractivity contribution in [1.82, 2.24) is 10.6 Å². The minimum Gasteiger partial charge on any atom is -0.477 e. The second-order valence-electron chi connectivity index (χ2n) is 9.92. The van der Waals surface area contributed by atoms with Crippen molar-refractivity contribution in [1.29, 1.82) is 0 Å². The number of rotatable bonds is 9. The molecular weight excluding hydrogens is 458 g/mol. The average Bonchev–Trinajstić information content (AvgIpc) is 3.09. The van der Waals surface area contributed by atoms with E-state index in [4.69, 9.17) is 9.84 Å². The third-order valence-electron chi connectivity index (χ3n) is 5.78. The molecule has 0 saturated heterocycles. The average molecular weight is 489 g/mol. The molecule has 2 aromatic rings. The molecule has 1 aliphatic carbocycles. The number of carbonyl (C=O) groups is 3. The fraction of sp³-hybridized carbons (Fsp3) is 0.423. The molecule has 1 unspecified atom stereocenters. The minimum absolute atomic E-state index is 0.0964. The second kappa shape index (κ2) is 10.4. The third kappa shape index (κ3) is 6.77. The summed E-state index contributed by atoms with van der Waals surface area (Å²) in [5.74, 6) is -7.31. The number of hydrogen-bond donors (Lipinski definition) is 3. The van der Waals surface area contributed by atoms with Crippen molar-refractivity contribution in [2.45, 2.75) is 51.5 Å². The van der Waals surface area contributed by atoms with E-state index in [1.54, 1.807) is 0 Å². The Hall–Kier alpha value is -3.49. The topological polar surface area (TPSA) is 105 Å². The van der Waals surface area contributed by atoms with Crippen LogP contribution in [-0.2, 0) is 14.3 Å². The zero-order valence-electron chi connectivity index (χ0n) is 19.9. The van der Waals surface area contributed by atoms with Gasteiger partial charge in [-0.1, -0.05) is 69.3 Å². The Morgan fingerprint density at radius 3 is 2.06 bits per heavy atom. The molecule has 0 aliphatic heterocycles. The van der Waals surface area contributed by atoms with E-state index in [2.05, 4.69) is 5.32 Å². The van der Waals surface area contributed by atoms with Gasteiger partial charge in [-0.05, 0) is 34.1 Å². The number of aliphatic carboxylic acids is 1. The van der Waals surface area contributed by atoms with Gasteiger partial charge < -0.3 is 20.5 Å². The van der Waals surface area contributed by atoms with Crippen LogP contribution >= 0.6 is 0 Å². The van der Waals surface area contributed by atoms with E-state index in [0.29, 0.717) is 6.42 Å². The molecule has 1 atom stereocenters. The number of carbonyl (C=O) groups excluding carboxylic acids is 2. The first-order valence-corrected chi connectivity index (χ1v) is 11.4. The Morgan fingerprint density at radius 1 is 1.00 bits per heavy atom. The molecule has 0 heterocycles. The van der Waals surface area contributed by atoms with Crippen molar-refractivity contribution < 1.29 is 33.0 Å². The number of alkyl carbamates (subject to hydrolysis) is 1. The van der Waals surface area contributed by atoms with Crippen molar-refractivity contribution in [2.24, 2.45) is 5.41 Å². The number of ether oxygens (including phenoxy) is 1. The van der Waals surface area contributed by atoms with Crippen molar-refractivity contribution in [3.05, 3.63) is 59.7 Å². The van der Waals surface area contributed by atoms with Gasteiger partial charge in [0.25, 0.3) is 0 Å². The molecular formula is C26H30F2N2O5. The van der Waals surface area contributed by atoms with Crippen LogP contribution in [0, 0.1) is 5.41 Å². The van der Waals surface area contributed by atoms with E-state index >= 15 is 0 Å². The summed E-state index contributed by atoms with van der Waals surface area (Å²) in [5, 5.41) is 13.1. The zero-order chi connectivity index (χ0) is 25.8. The van der Waals surface area contributed by atoms with E-state index in [1.165, 1.54) is 0 Å². The van der Waals surface area contributed by atoms with Gasteiger partial charge in [-0.3, -0.25) is 4.79 Å². The van der Waals surface area contributed by atoms with Crippen molar-refractivity contribution in [2.75, 3.05) is 13.2 Å². The molecule has 1 aliphatic rings. The van der Waals surface area contributed by atoms with Crippen molar-refractivity contribution in [3.63, 3.8) is 0 Å². The highest BCUT2D eigenvalue weighted by atomic mass is 19.3. The van der Waals surface area contributed by atoms with Crippen LogP contribution in [-0.4, -0.2) is 48.2 Å². The molecule has 7 nitrogen and oxygen atoms in total. The van der Waals surface area contributed by atoms with Crippen LogP contribution in [0.15, 0.2) is 48.5 Å². The van der Waals surface area contributed by atoms with Crippen LogP contribution in [0.2, 0.25) is 0 Å². The second-order valence-corrected chi connectivity index (χ2v) is 9.92. The highest BCUT2D eigenvalue weighted by Gasteiger charge is 2.39. The maximum absolute atomic E-state index is 13.3.